The summed E-state index contributed by atoms with van der Waals surface area (Å²) in [5.74, 6) is 3.80. The van der Waals surface area contributed by atoms with Crippen molar-refractivity contribution in [2.45, 2.75) is 25.4 Å². The van der Waals surface area contributed by atoms with Crippen LogP contribution in [0.5, 0.6) is 0 Å². The molecule has 0 amide bonds. The molecule has 0 heterocycles. The Morgan fingerprint density at radius 3 is 2.60 bits per heavy atom. The molecule has 1 saturated carbocycles. The molecule has 0 aromatic heterocycles. The van der Waals surface area contributed by atoms with E-state index < -0.39 is 0 Å². The predicted molar refractivity (Wildman–Crippen MR) is 64.1 cm³/mol. The van der Waals surface area contributed by atoms with Crippen LogP contribution in [0.15, 0.2) is 11.8 Å². The minimum absolute atomic E-state index is 0.369. The van der Waals surface area contributed by atoms with Crippen molar-refractivity contribution in [3.63, 3.8) is 0 Å². The molecule has 15 heavy (non-hydrogen) atoms. The molecule has 0 radical (unpaired) electrons. The van der Waals surface area contributed by atoms with Crippen LogP contribution in [0, 0.1) is 17.8 Å². The fraction of sp³-hybridized carbons (Fsp3) is 0.833. The summed E-state index contributed by atoms with van der Waals surface area (Å²) in [7, 11) is 3.58. The lowest BCUT2D eigenvalue weighted by molar-refractivity contribution is 0.0283. The Labute approximate surface area is 97.4 Å². The molecule has 0 aliphatic heterocycles. The lowest BCUT2D eigenvalue weighted by Crippen LogP contribution is -2.32. The van der Waals surface area contributed by atoms with E-state index in [-0.39, 0.29) is 0 Å². The Balaban J connectivity index is 2.14. The molecule has 2 nitrogen and oxygen atoms in total. The predicted octanol–water partition coefficient (Wildman–Crippen LogP) is 2.51. The summed E-state index contributed by atoms with van der Waals surface area (Å²) in [5.41, 5.74) is 0. The average Bonchev–Trinajstić information content (AvgIpc) is 3.11. The molecule has 0 N–H and O–H groups in total. The third-order valence-electron chi connectivity index (χ3n) is 3.63. The largest absolute Gasteiger partial charge is 0.501 e. The molecule has 3 heteroatoms. The highest BCUT2D eigenvalue weighted by atomic mass is 32.1. The first-order chi connectivity index (χ1) is 7.30. The van der Waals surface area contributed by atoms with Gasteiger partial charge < -0.3 is 9.47 Å². The van der Waals surface area contributed by atoms with Gasteiger partial charge in [0.2, 0.25) is 0 Å². The first kappa shape index (κ1) is 11.3. The molecule has 0 aromatic rings. The Hall–Kier alpha value is -0.150. The quantitative estimate of drug-likeness (QED) is 0.745. The van der Waals surface area contributed by atoms with Gasteiger partial charge in [0, 0.05) is 24.7 Å². The van der Waals surface area contributed by atoms with Crippen LogP contribution in [-0.2, 0) is 9.47 Å². The maximum absolute atomic E-state index is 5.60. The van der Waals surface area contributed by atoms with Gasteiger partial charge in [-0.25, -0.2) is 0 Å². The van der Waals surface area contributed by atoms with Crippen molar-refractivity contribution in [1.82, 2.24) is 0 Å². The van der Waals surface area contributed by atoms with Crippen molar-refractivity contribution in [2.75, 3.05) is 20.0 Å². The van der Waals surface area contributed by atoms with Crippen LogP contribution in [-0.4, -0.2) is 26.1 Å². The maximum Gasteiger partial charge on any atom is 0.0959 e. The van der Waals surface area contributed by atoms with Gasteiger partial charge in [-0.05, 0) is 31.3 Å². The summed E-state index contributed by atoms with van der Waals surface area (Å²) in [6.07, 6.45) is 6.41. The fourth-order valence-electron chi connectivity index (χ4n) is 2.56. The molecule has 2 aliphatic carbocycles. The molecule has 2 aliphatic rings. The third-order valence-corrected chi connectivity index (χ3v) is 4.07. The molecule has 0 bridgehead atoms. The van der Waals surface area contributed by atoms with E-state index in [1.54, 1.807) is 7.11 Å². The highest BCUT2D eigenvalue weighted by Crippen LogP contribution is 2.45. The molecule has 2 rings (SSSR count). The van der Waals surface area contributed by atoms with E-state index in [2.05, 4.69) is 18.7 Å². The van der Waals surface area contributed by atoms with Crippen molar-refractivity contribution in [3.05, 3.63) is 11.8 Å². The highest BCUT2D eigenvalue weighted by molar-refractivity contribution is 7.80. The van der Waals surface area contributed by atoms with Crippen molar-refractivity contribution in [1.29, 1.82) is 0 Å². The molecule has 86 valence electrons. The van der Waals surface area contributed by atoms with Crippen LogP contribution < -0.4 is 0 Å². The lowest BCUT2D eigenvalue weighted by Gasteiger charge is -2.33. The summed E-state index contributed by atoms with van der Waals surface area (Å²) in [6, 6.07) is 0. The smallest absolute Gasteiger partial charge is 0.0959 e. The molecule has 1 fully saturated rings. The average molecular weight is 228 g/mol. The van der Waals surface area contributed by atoms with Crippen molar-refractivity contribution in [3.8, 4) is 0 Å². The van der Waals surface area contributed by atoms with Crippen LogP contribution in [0.25, 0.3) is 0 Å². The van der Waals surface area contributed by atoms with Crippen LogP contribution in [0.3, 0.4) is 0 Å². The van der Waals surface area contributed by atoms with Crippen LogP contribution in [0.4, 0.5) is 0 Å². The first-order valence-electron chi connectivity index (χ1n) is 5.69. The van der Waals surface area contributed by atoms with Crippen LogP contribution in [0.1, 0.15) is 19.3 Å². The Kier molecular flexibility index (Phi) is 3.62. The lowest BCUT2D eigenvalue weighted by atomic mass is 9.82. The van der Waals surface area contributed by atoms with Crippen molar-refractivity contribution in [2.24, 2.45) is 17.8 Å². The Bertz CT molecular complexity index is 248. The third kappa shape index (κ3) is 2.34. The van der Waals surface area contributed by atoms with E-state index in [9.17, 15) is 0 Å². The van der Waals surface area contributed by atoms with Gasteiger partial charge in [-0.15, -0.1) is 0 Å². The van der Waals surface area contributed by atoms with E-state index in [0.717, 1.165) is 23.9 Å². The van der Waals surface area contributed by atoms with Gasteiger partial charge in [0.1, 0.15) is 0 Å². The molecule has 0 aromatic carbocycles. The number of methoxy groups -OCH3 is 2. The second-order valence-corrected chi connectivity index (χ2v) is 4.94. The van der Waals surface area contributed by atoms with Gasteiger partial charge in [-0.1, -0.05) is 0 Å². The number of rotatable bonds is 4. The monoisotopic (exact) mass is 228 g/mol. The van der Waals surface area contributed by atoms with Gasteiger partial charge in [-0.3, -0.25) is 0 Å². The topological polar surface area (TPSA) is 18.5 Å². The zero-order valence-electron chi connectivity index (χ0n) is 9.48. The zero-order valence-corrected chi connectivity index (χ0v) is 10.4. The SMILES string of the molecule is COC1=C[C@H](C2CC2)C(OC)C[C@@H]1CS. The molecule has 3 atom stereocenters. The Morgan fingerprint density at radius 2 is 2.13 bits per heavy atom. The number of allylic oxidation sites excluding steroid dienone is 1. The van der Waals surface area contributed by atoms with Gasteiger partial charge in [0.15, 0.2) is 0 Å². The Morgan fingerprint density at radius 1 is 1.40 bits per heavy atom. The van der Waals surface area contributed by atoms with E-state index in [1.807, 2.05) is 7.11 Å². The van der Waals surface area contributed by atoms with E-state index in [0.29, 0.717) is 17.9 Å². The maximum atomic E-state index is 5.60. The van der Waals surface area contributed by atoms with Crippen LogP contribution >= 0.6 is 12.6 Å². The molecular weight excluding hydrogens is 208 g/mol. The molecule has 1 unspecified atom stereocenters. The highest BCUT2D eigenvalue weighted by Gasteiger charge is 2.40. The number of ether oxygens (including phenoxy) is 2. The van der Waals surface area contributed by atoms with Gasteiger partial charge >= 0.3 is 0 Å². The summed E-state index contributed by atoms with van der Waals surface area (Å²) >= 11 is 4.38. The van der Waals surface area contributed by atoms with E-state index >= 15 is 0 Å². The summed E-state index contributed by atoms with van der Waals surface area (Å²) < 4.78 is 11.0. The van der Waals surface area contributed by atoms with Gasteiger partial charge in [-0.2, -0.15) is 12.6 Å². The first-order valence-corrected chi connectivity index (χ1v) is 6.32. The van der Waals surface area contributed by atoms with E-state index in [1.165, 1.54) is 12.8 Å². The van der Waals surface area contributed by atoms with Gasteiger partial charge in [0.05, 0.1) is 19.0 Å². The fourth-order valence-corrected chi connectivity index (χ4v) is 2.89. The number of hydrogen-bond donors (Lipinski definition) is 1. The number of thiol groups is 1. The standard InChI is InChI=1S/C12H20O2S/c1-13-11-6-10(8-3-4-8)12(14-2)5-9(11)7-15/h6,8-10,12,15H,3-5,7H2,1-2H3/t9-,10-,12?/m1/s1. The molecular formula is C12H20O2S. The zero-order chi connectivity index (χ0) is 10.8. The summed E-state index contributed by atoms with van der Waals surface area (Å²) in [5, 5.41) is 0. The van der Waals surface area contributed by atoms with Gasteiger partial charge in [0.25, 0.3) is 0 Å². The van der Waals surface area contributed by atoms with Crippen LogP contribution in [0.2, 0.25) is 0 Å². The second-order valence-electron chi connectivity index (χ2n) is 4.58. The van der Waals surface area contributed by atoms with E-state index in [4.69, 9.17) is 9.47 Å². The summed E-state index contributed by atoms with van der Waals surface area (Å²) in [4.78, 5) is 0. The molecule has 0 saturated heterocycles. The molecule has 0 spiro atoms. The second kappa shape index (κ2) is 4.79. The van der Waals surface area contributed by atoms with Crippen molar-refractivity contribution < 1.29 is 9.47 Å². The summed E-state index contributed by atoms with van der Waals surface area (Å²) in [6.45, 7) is 0. The minimum atomic E-state index is 0.369. The normalized spacial score (nSPS) is 36.2. The minimum Gasteiger partial charge on any atom is -0.501 e. The number of hydrogen-bond acceptors (Lipinski definition) is 3. The van der Waals surface area contributed by atoms with Crippen molar-refractivity contribution >= 4 is 12.6 Å².